The Hall–Kier alpha value is -2.68. The molecule has 0 aliphatic carbocycles. The molecule has 0 saturated carbocycles. The first-order valence-corrected chi connectivity index (χ1v) is 10.3. The van der Waals surface area contributed by atoms with Gasteiger partial charge in [0, 0.05) is 51.2 Å². The maximum absolute atomic E-state index is 6.01. The van der Waals surface area contributed by atoms with Crippen LogP contribution in [-0.2, 0) is 24.2 Å². The second-order valence-corrected chi connectivity index (χ2v) is 7.49. The number of aryl methyl sites for hydroxylation is 2. The monoisotopic (exact) mass is 399 g/mol. The highest BCUT2D eigenvalue weighted by molar-refractivity contribution is 5.79. The van der Waals surface area contributed by atoms with Crippen LogP contribution in [0.15, 0.2) is 23.3 Å². The smallest absolute Gasteiger partial charge is 0.213 e. The van der Waals surface area contributed by atoms with Crippen LogP contribution in [0.25, 0.3) is 0 Å². The molecule has 2 aromatic rings. The molecule has 1 atom stereocenters. The predicted octanol–water partition coefficient (Wildman–Crippen LogP) is 1.22. The first kappa shape index (κ1) is 19.6. The third-order valence-corrected chi connectivity index (χ3v) is 5.24. The zero-order valence-electron chi connectivity index (χ0n) is 17.1. The highest BCUT2D eigenvalue weighted by Crippen LogP contribution is 2.17. The third kappa shape index (κ3) is 5.23. The van der Waals surface area contributed by atoms with Crippen LogP contribution >= 0.6 is 0 Å². The Balaban J connectivity index is 1.29. The third-order valence-electron chi connectivity index (χ3n) is 5.24. The van der Waals surface area contributed by atoms with Gasteiger partial charge in [0.1, 0.15) is 17.8 Å². The van der Waals surface area contributed by atoms with E-state index in [0.717, 1.165) is 68.6 Å². The first-order valence-electron chi connectivity index (χ1n) is 10.3. The lowest BCUT2D eigenvalue weighted by molar-refractivity contribution is 0.0237. The lowest BCUT2D eigenvalue weighted by atomic mass is 10.1. The molecule has 0 amide bonds. The van der Waals surface area contributed by atoms with Crippen molar-refractivity contribution in [3.05, 3.63) is 35.5 Å². The number of hydrogen-bond donors (Lipinski definition) is 2. The maximum Gasteiger partial charge on any atom is 0.213 e. The van der Waals surface area contributed by atoms with Crippen molar-refractivity contribution in [1.29, 1.82) is 0 Å². The highest BCUT2D eigenvalue weighted by Gasteiger charge is 2.21. The minimum Gasteiger partial charge on any atom is -0.474 e. The summed E-state index contributed by atoms with van der Waals surface area (Å²) in [4.78, 5) is 13.2. The van der Waals surface area contributed by atoms with Crippen LogP contribution in [0.4, 0.5) is 0 Å². The summed E-state index contributed by atoms with van der Waals surface area (Å²) in [5.41, 5.74) is 1.10. The molecule has 9 nitrogen and oxygen atoms in total. The molecule has 2 N–H and O–H groups in total. The number of aromatic nitrogens is 4. The molecule has 4 heterocycles. The molecule has 0 aromatic carbocycles. The Morgan fingerprint density at radius 2 is 2.21 bits per heavy atom. The van der Waals surface area contributed by atoms with Gasteiger partial charge in [-0.3, -0.25) is 4.99 Å². The molecule has 4 rings (SSSR count). The number of guanidine groups is 1. The van der Waals surface area contributed by atoms with E-state index in [1.807, 2.05) is 23.7 Å². The Morgan fingerprint density at radius 1 is 1.34 bits per heavy atom. The summed E-state index contributed by atoms with van der Waals surface area (Å²) in [7, 11) is 1.79. The average molecular weight is 399 g/mol. The SMILES string of the molecule is CN=C(NCc1ccnc(OC2CCOCC2)c1)NC1CCc2nc(C)nn2C1. The number of nitrogens with zero attached hydrogens (tertiary/aromatic N) is 5. The van der Waals surface area contributed by atoms with Crippen molar-refractivity contribution in [2.45, 2.75) is 57.8 Å². The van der Waals surface area contributed by atoms with E-state index in [-0.39, 0.29) is 12.1 Å². The van der Waals surface area contributed by atoms with Crippen molar-refractivity contribution in [3.63, 3.8) is 0 Å². The van der Waals surface area contributed by atoms with Crippen molar-refractivity contribution < 1.29 is 9.47 Å². The van der Waals surface area contributed by atoms with E-state index in [2.05, 4.69) is 30.7 Å². The molecule has 1 fully saturated rings. The van der Waals surface area contributed by atoms with E-state index in [4.69, 9.17) is 9.47 Å². The van der Waals surface area contributed by atoms with Gasteiger partial charge in [-0.05, 0) is 25.0 Å². The molecule has 2 aliphatic rings. The molecule has 0 radical (unpaired) electrons. The van der Waals surface area contributed by atoms with Crippen LogP contribution in [0.3, 0.4) is 0 Å². The van der Waals surface area contributed by atoms with Crippen LogP contribution in [0.5, 0.6) is 5.88 Å². The van der Waals surface area contributed by atoms with Crippen LogP contribution in [-0.4, -0.2) is 58.1 Å². The van der Waals surface area contributed by atoms with Crippen LogP contribution in [0, 0.1) is 6.92 Å². The number of hydrogen-bond acceptors (Lipinski definition) is 6. The maximum atomic E-state index is 6.01. The Kier molecular flexibility index (Phi) is 6.24. The van der Waals surface area contributed by atoms with Gasteiger partial charge in [-0.2, -0.15) is 5.10 Å². The second kappa shape index (κ2) is 9.21. The molecule has 156 valence electrons. The van der Waals surface area contributed by atoms with Gasteiger partial charge in [-0.1, -0.05) is 0 Å². The fourth-order valence-corrected chi connectivity index (χ4v) is 3.71. The summed E-state index contributed by atoms with van der Waals surface area (Å²) in [6.45, 7) is 4.89. The number of pyridine rings is 1. The van der Waals surface area contributed by atoms with Gasteiger partial charge in [-0.25, -0.2) is 14.6 Å². The minimum atomic E-state index is 0.186. The van der Waals surface area contributed by atoms with Crippen molar-refractivity contribution in [3.8, 4) is 5.88 Å². The van der Waals surface area contributed by atoms with Gasteiger partial charge in [0.25, 0.3) is 0 Å². The van der Waals surface area contributed by atoms with Crippen LogP contribution in [0.1, 0.15) is 36.5 Å². The molecule has 0 spiro atoms. The van der Waals surface area contributed by atoms with Crippen molar-refractivity contribution in [2.75, 3.05) is 20.3 Å². The molecule has 1 unspecified atom stereocenters. The van der Waals surface area contributed by atoms with Gasteiger partial charge in [0.2, 0.25) is 5.88 Å². The molecular weight excluding hydrogens is 370 g/mol. The standard InChI is InChI=1S/C20H29N7O2/c1-14-24-18-4-3-16(13-27(18)26-14)25-20(21-2)23-12-15-5-8-22-19(11-15)29-17-6-9-28-10-7-17/h5,8,11,16-17H,3-4,6-7,9-10,12-13H2,1-2H3,(H2,21,23,25). The van der Waals surface area contributed by atoms with Crippen molar-refractivity contribution in [2.24, 2.45) is 4.99 Å². The minimum absolute atomic E-state index is 0.186. The fourth-order valence-electron chi connectivity index (χ4n) is 3.71. The summed E-state index contributed by atoms with van der Waals surface area (Å²) < 4.78 is 13.4. The zero-order chi connectivity index (χ0) is 20.1. The number of fused-ring (bicyclic) bond motifs is 1. The van der Waals surface area contributed by atoms with E-state index >= 15 is 0 Å². The van der Waals surface area contributed by atoms with E-state index in [1.54, 1.807) is 13.2 Å². The summed E-state index contributed by atoms with van der Waals surface area (Å²) in [6, 6.07) is 4.25. The number of ether oxygens (including phenoxy) is 2. The summed E-state index contributed by atoms with van der Waals surface area (Å²) in [5.74, 6) is 3.34. The summed E-state index contributed by atoms with van der Waals surface area (Å²) in [5, 5.41) is 11.3. The second-order valence-electron chi connectivity index (χ2n) is 7.49. The van der Waals surface area contributed by atoms with E-state index in [0.29, 0.717) is 12.4 Å². The summed E-state index contributed by atoms with van der Waals surface area (Å²) in [6.07, 6.45) is 5.73. The molecule has 2 aromatic heterocycles. The molecule has 2 aliphatic heterocycles. The van der Waals surface area contributed by atoms with E-state index < -0.39 is 0 Å². The zero-order valence-corrected chi connectivity index (χ0v) is 17.1. The fraction of sp³-hybridized carbons (Fsp3) is 0.600. The molecular formula is C20H29N7O2. The highest BCUT2D eigenvalue weighted by atomic mass is 16.5. The van der Waals surface area contributed by atoms with Gasteiger partial charge >= 0.3 is 0 Å². The van der Waals surface area contributed by atoms with Gasteiger partial charge in [0.15, 0.2) is 5.96 Å². The largest absolute Gasteiger partial charge is 0.474 e. The van der Waals surface area contributed by atoms with Crippen molar-refractivity contribution >= 4 is 5.96 Å². The Labute approximate surface area is 170 Å². The van der Waals surface area contributed by atoms with Gasteiger partial charge < -0.3 is 20.1 Å². The lowest BCUT2D eigenvalue weighted by Gasteiger charge is -2.25. The quantitative estimate of drug-likeness (QED) is 0.576. The van der Waals surface area contributed by atoms with E-state index in [9.17, 15) is 0 Å². The topological polar surface area (TPSA) is 98.5 Å². The Morgan fingerprint density at radius 3 is 3.03 bits per heavy atom. The Bertz CT molecular complexity index is 845. The average Bonchev–Trinajstić information content (AvgIpc) is 3.11. The number of rotatable bonds is 5. The number of nitrogens with one attached hydrogen (secondary N) is 2. The molecule has 29 heavy (non-hydrogen) atoms. The molecule has 1 saturated heterocycles. The normalized spacial score (nSPS) is 20.2. The molecule has 0 bridgehead atoms. The first-order chi connectivity index (χ1) is 14.2. The summed E-state index contributed by atoms with van der Waals surface area (Å²) >= 11 is 0. The number of aliphatic imine (C=N–C) groups is 1. The van der Waals surface area contributed by atoms with Crippen LogP contribution in [0.2, 0.25) is 0 Å². The molecule has 9 heteroatoms. The predicted molar refractivity (Wildman–Crippen MR) is 109 cm³/mol. The van der Waals surface area contributed by atoms with Crippen molar-refractivity contribution in [1.82, 2.24) is 30.4 Å². The van der Waals surface area contributed by atoms with Gasteiger partial charge in [-0.15, -0.1) is 0 Å². The lowest BCUT2D eigenvalue weighted by Crippen LogP contribution is -2.46. The van der Waals surface area contributed by atoms with Gasteiger partial charge in [0.05, 0.1) is 19.8 Å². The van der Waals surface area contributed by atoms with Crippen LogP contribution < -0.4 is 15.4 Å². The van der Waals surface area contributed by atoms with E-state index in [1.165, 1.54) is 0 Å².